The van der Waals surface area contributed by atoms with E-state index in [1.54, 1.807) is 31.0 Å². The smallest absolute Gasteiger partial charge is 0.273 e. The van der Waals surface area contributed by atoms with Crippen LogP contribution in [0.5, 0.6) is 0 Å². The van der Waals surface area contributed by atoms with Crippen LogP contribution in [-0.4, -0.2) is 39.7 Å². The van der Waals surface area contributed by atoms with Gasteiger partial charge >= 0.3 is 0 Å². The molecule has 0 unspecified atom stereocenters. The Bertz CT molecular complexity index is 561. The zero-order valence-electron chi connectivity index (χ0n) is 10.4. The predicted molar refractivity (Wildman–Crippen MR) is 67.3 cm³/mol. The summed E-state index contributed by atoms with van der Waals surface area (Å²) >= 11 is 0. The average molecular weight is 245 g/mol. The molecule has 0 aliphatic heterocycles. The zero-order valence-corrected chi connectivity index (χ0v) is 10.4. The first-order valence-electron chi connectivity index (χ1n) is 5.55. The van der Waals surface area contributed by atoms with Gasteiger partial charge in [0, 0.05) is 26.8 Å². The third-order valence-corrected chi connectivity index (χ3v) is 2.45. The summed E-state index contributed by atoms with van der Waals surface area (Å²) in [7, 11) is 3.38. The van der Waals surface area contributed by atoms with Gasteiger partial charge in [0.05, 0.1) is 5.69 Å². The second-order valence-corrected chi connectivity index (χ2v) is 4.04. The average Bonchev–Trinajstić information content (AvgIpc) is 2.87. The molecule has 0 aliphatic carbocycles. The van der Waals surface area contributed by atoms with Crippen LogP contribution in [-0.2, 0) is 6.54 Å². The number of amides is 1. The standard InChI is InChI=1S/C12H15N5O/c1-16(2)12(18)10-6-7-17(15-10)11-5-3-4-9(8-13)14-11/h3-7H,8,13H2,1-2H3. The Labute approximate surface area is 105 Å². The van der Waals surface area contributed by atoms with Crippen LogP contribution < -0.4 is 5.73 Å². The first kappa shape index (κ1) is 12.3. The van der Waals surface area contributed by atoms with E-state index in [2.05, 4.69) is 10.1 Å². The summed E-state index contributed by atoms with van der Waals surface area (Å²) in [6, 6.07) is 7.19. The molecule has 2 aromatic heterocycles. The summed E-state index contributed by atoms with van der Waals surface area (Å²) in [5.41, 5.74) is 6.71. The van der Waals surface area contributed by atoms with Gasteiger partial charge in [0.15, 0.2) is 11.5 Å². The maximum atomic E-state index is 11.7. The number of hydrogen-bond donors (Lipinski definition) is 1. The number of pyridine rings is 1. The Hall–Kier alpha value is -2.21. The number of nitrogens with zero attached hydrogens (tertiary/aromatic N) is 4. The van der Waals surface area contributed by atoms with Crippen LogP contribution in [0.4, 0.5) is 0 Å². The van der Waals surface area contributed by atoms with Gasteiger partial charge in [0.1, 0.15) is 0 Å². The molecule has 6 heteroatoms. The number of carbonyl (C=O) groups excluding carboxylic acids is 1. The maximum Gasteiger partial charge on any atom is 0.273 e. The summed E-state index contributed by atoms with van der Waals surface area (Å²) in [5, 5.41) is 4.20. The molecule has 0 aliphatic rings. The quantitative estimate of drug-likeness (QED) is 0.850. The highest BCUT2D eigenvalue weighted by molar-refractivity contribution is 5.91. The van der Waals surface area contributed by atoms with Crippen molar-refractivity contribution in [2.24, 2.45) is 5.73 Å². The Morgan fingerprint density at radius 1 is 1.39 bits per heavy atom. The van der Waals surface area contributed by atoms with Gasteiger partial charge < -0.3 is 10.6 Å². The number of aromatic nitrogens is 3. The minimum atomic E-state index is -0.135. The van der Waals surface area contributed by atoms with E-state index < -0.39 is 0 Å². The highest BCUT2D eigenvalue weighted by Crippen LogP contribution is 2.07. The molecule has 0 radical (unpaired) electrons. The fourth-order valence-electron chi connectivity index (χ4n) is 1.50. The Balaban J connectivity index is 2.32. The van der Waals surface area contributed by atoms with Crippen LogP contribution >= 0.6 is 0 Å². The Morgan fingerprint density at radius 3 is 2.83 bits per heavy atom. The van der Waals surface area contributed by atoms with Crippen molar-refractivity contribution in [3.63, 3.8) is 0 Å². The second kappa shape index (κ2) is 4.97. The molecule has 1 amide bonds. The molecule has 0 bridgehead atoms. The van der Waals surface area contributed by atoms with Gasteiger partial charge in [-0.1, -0.05) is 6.07 Å². The summed E-state index contributed by atoms with van der Waals surface area (Å²) in [5.74, 6) is 0.513. The molecule has 2 heterocycles. The van der Waals surface area contributed by atoms with Crippen LogP contribution in [0.25, 0.3) is 5.82 Å². The maximum absolute atomic E-state index is 11.7. The lowest BCUT2D eigenvalue weighted by atomic mass is 10.3. The van der Waals surface area contributed by atoms with Gasteiger partial charge in [-0.25, -0.2) is 9.67 Å². The lowest BCUT2D eigenvalue weighted by molar-refractivity contribution is 0.0821. The first-order chi connectivity index (χ1) is 8.61. The van der Waals surface area contributed by atoms with E-state index in [0.29, 0.717) is 18.1 Å². The number of hydrogen-bond acceptors (Lipinski definition) is 4. The lowest BCUT2D eigenvalue weighted by Gasteiger charge is -2.07. The normalized spacial score (nSPS) is 10.4. The molecular formula is C12H15N5O. The van der Waals surface area contributed by atoms with Crippen molar-refractivity contribution in [2.45, 2.75) is 6.54 Å². The fraction of sp³-hybridized carbons (Fsp3) is 0.250. The van der Waals surface area contributed by atoms with Gasteiger partial charge in [-0.05, 0) is 18.2 Å². The fourth-order valence-corrected chi connectivity index (χ4v) is 1.50. The van der Waals surface area contributed by atoms with Gasteiger partial charge in [-0.2, -0.15) is 5.10 Å². The Morgan fingerprint density at radius 2 is 2.17 bits per heavy atom. The molecule has 0 aromatic carbocycles. The van der Waals surface area contributed by atoms with Crippen molar-refractivity contribution in [1.29, 1.82) is 0 Å². The summed E-state index contributed by atoms with van der Waals surface area (Å²) < 4.78 is 1.57. The zero-order chi connectivity index (χ0) is 13.1. The highest BCUT2D eigenvalue weighted by atomic mass is 16.2. The van der Waals surface area contributed by atoms with Crippen LogP contribution in [0.15, 0.2) is 30.5 Å². The van der Waals surface area contributed by atoms with Crippen molar-refractivity contribution >= 4 is 5.91 Å². The molecule has 94 valence electrons. The largest absolute Gasteiger partial charge is 0.343 e. The molecule has 0 saturated carbocycles. The van der Waals surface area contributed by atoms with Crippen LogP contribution in [0, 0.1) is 0 Å². The summed E-state index contributed by atoms with van der Waals surface area (Å²) in [6.45, 7) is 0.374. The third kappa shape index (κ3) is 2.38. The molecule has 0 atom stereocenters. The monoisotopic (exact) mass is 245 g/mol. The predicted octanol–water partition coefficient (Wildman–Crippen LogP) is 0.428. The molecule has 6 nitrogen and oxygen atoms in total. The van der Waals surface area contributed by atoms with Gasteiger partial charge in [0.2, 0.25) is 0 Å². The molecule has 0 saturated heterocycles. The van der Waals surface area contributed by atoms with Gasteiger partial charge in [0.25, 0.3) is 5.91 Å². The van der Waals surface area contributed by atoms with Crippen LogP contribution in [0.2, 0.25) is 0 Å². The molecular weight excluding hydrogens is 230 g/mol. The van der Waals surface area contributed by atoms with E-state index in [4.69, 9.17) is 5.73 Å². The third-order valence-electron chi connectivity index (χ3n) is 2.45. The van der Waals surface area contributed by atoms with Crippen LogP contribution in [0.3, 0.4) is 0 Å². The van der Waals surface area contributed by atoms with Crippen molar-refractivity contribution in [3.05, 3.63) is 41.9 Å². The van der Waals surface area contributed by atoms with Crippen molar-refractivity contribution in [2.75, 3.05) is 14.1 Å². The van der Waals surface area contributed by atoms with E-state index in [1.807, 2.05) is 18.2 Å². The van der Waals surface area contributed by atoms with E-state index >= 15 is 0 Å². The minimum Gasteiger partial charge on any atom is -0.343 e. The van der Waals surface area contributed by atoms with Gasteiger partial charge in [-0.3, -0.25) is 4.79 Å². The Kier molecular flexibility index (Phi) is 3.38. The van der Waals surface area contributed by atoms with Gasteiger partial charge in [-0.15, -0.1) is 0 Å². The first-order valence-corrected chi connectivity index (χ1v) is 5.55. The van der Waals surface area contributed by atoms with Crippen LogP contribution in [0.1, 0.15) is 16.2 Å². The molecule has 0 spiro atoms. The van der Waals surface area contributed by atoms with E-state index in [0.717, 1.165) is 5.69 Å². The SMILES string of the molecule is CN(C)C(=O)c1ccn(-c2cccc(CN)n2)n1. The molecule has 2 aromatic rings. The summed E-state index contributed by atoms with van der Waals surface area (Å²) in [4.78, 5) is 17.5. The van der Waals surface area contributed by atoms with Crippen molar-refractivity contribution in [1.82, 2.24) is 19.7 Å². The topological polar surface area (TPSA) is 77.0 Å². The van der Waals surface area contributed by atoms with E-state index in [1.165, 1.54) is 4.90 Å². The van der Waals surface area contributed by atoms with E-state index in [9.17, 15) is 4.79 Å². The number of nitrogens with two attached hydrogens (primary N) is 1. The number of carbonyl (C=O) groups is 1. The van der Waals surface area contributed by atoms with Crippen molar-refractivity contribution < 1.29 is 4.79 Å². The highest BCUT2D eigenvalue weighted by Gasteiger charge is 2.12. The van der Waals surface area contributed by atoms with Crippen molar-refractivity contribution in [3.8, 4) is 5.82 Å². The lowest BCUT2D eigenvalue weighted by Crippen LogP contribution is -2.22. The molecule has 0 fully saturated rings. The summed E-state index contributed by atoms with van der Waals surface area (Å²) in [6.07, 6.45) is 1.71. The van der Waals surface area contributed by atoms with E-state index in [-0.39, 0.29) is 5.91 Å². The molecule has 2 rings (SSSR count). The molecule has 18 heavy (non-hydrogen) atoms. The minimum absolute atomic E-state index is 0.135. The molecule has 2 N–H and O–H groups in total. The number of rotatable bonds is 3. The second-order valence-electron chi connectivity index (χ2n) is 4.04.